The van der Waals surface area contributed by atoms with E-state index in [-0.39, 0.29) is 17.4 Å². The number of amides is 1. The molecule has 2 aromatic carbocycles. The maximum absolute atomic E-state index is 12.5. The highest BCUT2D eigenvalue weighted by Crippen LogP contribution is 2.37. The SMILES string of the molecule is C=CC(=O)Nc1cc(Nc2ncc(C(=O)OC)c(-n3ccc4ccccc43)n2)c(OC)cc1N(C)C.CN1CCCC1. The van der Waals surface area contributed by atoms with E-state index in [0.717, 1.165) is 16.6 Å². The van der Waals surface area contributed by atoms with Crippen LogP contribution in [0.15, 0.2) is 67.5 Å². The zero-order valence-corrected chi connectivity index (χ0v) is 24.7. The molecule has 0 unspecified atom stereocenters. The minimum absolute atomic E-state index is 0.207. The molecule has 1 fully saturated rings. The summed E-state index contributed by atoms with van der Waals surface area (Å²) in [5, 5.41) is 6.94. The third-order valence-corrected chi connectivity index (χ3v) is 6.82. The van der Waals surface area contributed by atoms with E-state index in [9.17, 15) is 9.59 Å². The number of hydrogen-bond donors (Lipinski definition) is 2. The zero-order valence-electron chi connectivity index (χ0n) is 24.7. The second-order valence-electron chi connectivity index (χ2n) is 9.96. The fourth-order valence-electron chi connectivity index (χ4n) is 4.62. The van der Waals surface area contributed by atoms with Crippen molar-refractivity contribution in [2.24, 2.45) is 0 Å². The van der Waals surface area contributed by atoms with Crippen LogP contribution in [0.2, 0.25) is 0 Å². The number of aromatic nitrogens is 3. The molecular formula is C31H37N7O4. The van der Waals surface area contributed by atoms with Crippen LogP contribution >= 0.6 is 0 Å². The first-order chi connectivity index (χ1) is 20.2. The average molecular weight is 572 g/mol. The van der Waals surface area contributed by atoms with Gasteiger partial charge in [0, 0.05) is 32.6 Å². The Kier molecular flexibility index (Phi) is 9.77. The lowest BCUT2D eigenvalue weighted by Crippen LogP contribution is -2.16. The summed E-state index contributed by atoms with van der Waals surface area (Å²) in [5.74, 6) is 0.159. The molecule has 11 nitrogen and oxygen atoms in total. The van der Waals surface area contributed by atoms with Gasteiger partial charge in [0.25, 0.3) is 0 Å². The van der Waals surface area contributed by atoms with Gasteiger partial charge in [-0.3, -0.25) is 4.79 Å². The van der Waals surface area contributed by atoms with Crippen molar-refractivity contribution in [1.82, 2.24) is 19.4 Å². The minimum atomic E-state index is -0.559. The van der Waals surface area contributed by atoms with Crippen molar-refractivity contribution >= 4 is 45.8 Å². The van der Waals surface area contributed by atoms with Crippen LogP contribution in [0, 0.1) is 0 Å². The molecule has 0 radical (unpaired) electrons. The summed E-state index contributed by atoms with van der Waals surface area (Å²) in [7, 11) is 8.73. The van der Waals surface area contributed by atoms with Gasteiger partial charge in [0.1, 0.15) is 11.3 Å². The number of para-hydroxylation sites is 1. The molecule has 0 saturated carbocycles. The van der Waals surface area contributed by atoms with Gasteiger partial charge < -0.3 is 34.5 Å². The molecule has 3 heterocycles. The number of esters is 1. The van der Waals surface area contributed by atoms with E-state index in [2.05, 4.69) is 39.1 Å². The van der Waals surface area contributed by atoms with Gasteiger partial charge in [-0.25, -0.2) is 9.78 Å². The number of fused-ring (bicyclic) bond motifs is 1. The monoisotopic (exact) mass is 571 g/mol. The Bertz CT molecular complexity index is 1580. The van der Waals surface area contributed by atoms with Crippen molar-refractivity contribution in [1.29, 1.82) is 0 Å². The van der Waals surface area contributed by atoms with Crippen molar-refractivity contribution in [3.8, 4) is 11.6 Å². The van der Waals surface area contributed by atoms with Gasteiger partial charge in [0.2, 0.25) is 11.9 Å². The maximum Gasteiger partial charge on any atom is 0.343 e. The molecule has 4 aromatic rings. The Morgan fingerprint density at radius 2 is 1.81 bits per heavy atom. The summed E-state index contributed by atoms with van der Waals surface area (Å²) in [4.78, 5) is 37.7. The van der Waals surface area contributed by atoms with Crippen LogP contribution < -0.4 is 20.3 Å². The first-order valence-electron chi connectivity index (χ1n) is 13.6. The van der Waals surface area contributed by atoms with Crippen molar-refractivity contribution in [3.63, 3.8) is 0 Å². The van der Waals surface area contributed by atoms with Crippen molar-refractivity contribution in [2.45, 2.75) is 12.8 Å². The second kappa shape index (κ2) is 13.6. The van der Waals surface area contributed by atoms with Crippen LogP contribution in [-0.2, 0) is 9.53 Å². The predicted octanol–water partition coefficient (Wildman–Crippen LogP) is 4.86. The fraction of sp³-hybridized carbons (Fsp3) is 0.290. The Labute approximate surface area is 245 Å². The van der Waals surface area contributed by atoms with Crippen LogP contribution in [0.5, 0.6) is 5.75 Å². The van der Waals surface area contributed by atoms with Crippen LogP contribution in [0.4, 0.5) is 23.0 Å². The van der Waals surface area contributed by atoms with Gasteiger partial charge in [0.05, 0.1) is 36.8 Å². The standard InChI is InChI=1S/C26H26N6O4.C5H11N/c1-6-23(33)28-18-13-19(22(35-4)14-21(18)31(2)3)29-26-27-15-17(25(34)36-5)24(30-26)32-12-11-16-9-7-8-10-20(16)32;1-6-4-2-3-5-6/h6-15H,1H2,2-5H3,(H,28,33)(H,27,29,30);2-5H2,1H3. The number of nitrogens with zero attached hydrogens (tertiary/aromatic N) is 5. The molecule has 0 atom stereocenters. The van der Waals surface area contributed by atoms with Gasteiger partial charge in [0.15, 0.2) is 5.82 Å². The lowest BCUT2D eigenvalue weighted by Gasteiger charge is -2.21. The van der Waals surface area contributed by atoms with Gasteiger partial charge in [-0.15, -0.1) is 0 Å². The quantitative estimate of drug-likeness (QED) is 0.226. The number of benzene rings is 2. The molecule has 2 aromatic heterocycles. The number of methoxy groups -OCH3 is 2. The zero-order chi connectivity index (χ0) is 30.2. The van der Waals surface area contributed by atoms with Gasteiger partial charge in [-0.05, 0) is 62.6 Å². The summed E-state index contributed by atoms with van der Waals surface area (Å²) < 4.78 is 12.3. The smallest absolute Gasteiger partial charge is 0.343 e. The highest BCUT2D eigenvalue weighted by Gasteiger charge is 2.20. The molecule has 42 heavy (non-hydrogen) atoms. The molecule has 1 aliphatic heterocycles. The average Bonchev–Trinajstić information content (AvgIpc) is 3.66. The molecule has 1 aliphatic rings. The number of ether oxygens (including phenoxy) is 2. The van der Waals surface area contributed by atoms with E-state index in [1.54, 1.807) is 23.8 Å². The van der Waals surface area contributed by atoms with Gasteiger partial charge >= 0.3 is 5.97 Å². The van der Waals surface area contributed by atoms with E-state index in [0.29, 0.717) is 22.9 Å². The lowest BCUT2D eigenvalue weighted by atomic mass is 10.2. The molecule has 11 heteroatoms. The van der Waals surface area contributed by atoms with E-state index < -0.39 is 5.97 Å². The third kappa shape index (κ3) is 6.87. The second-order valence-corrected chi connectivity index (χ2v) is 9.96. The van der Waals surface area contributed by atoms with E-state index in [4.69, 9.17) is 9.47 Å². The molecule has 2 N–H and O–H groups in total. The van der Waals surface area contributed by atoms with Crippen LogP contribution in [0.3, 0.4) is 0 Å². The Hall–Kier alpha value is -4.90. The number of anilines is 4. The van der Waals surface area contributed by atoms with Crippen LogP contribution in [0.1, 0.15) is 23.2 Å². The summed E-state index contributed by atoms with van der Waals surface area (Å²) >= 11 is 0. The molecule has 1 saturated heterocycles. The molecule has 0 bridgehead atoms. The number of carbonyl (C=O) groups is 2. The topological polar surface area (TPSA) is 114 Å². The van der Waals surface area contributed by atoms with E-state index in [1.165, 1.54) is 45.3 Å². The number of hydrogen-bond acceptors (Lipinski definition) is 9. The van der Waals surface area contributed by atoms with E-state index in [1.807, 2.05) is 55.5 Å². The Morgan fingerprint density at radius 3 is 2.43 bits per heavy atom. The summed E-state index contributed by atoms with van der Waals surface area (Å²) in [6, 6.07) is 13.2. The van der Waals surface area contributed by atoms with Crippen molar-refractivity contribution < 1.29 is 19.1 Å². The third-order valence-electron chi connectivity index (χ3n) is 6.82. The summed E-state index contributed by atoms with van der Waals surface area (Å²) in [6.07, 6.45) is 7.26. The van der Waals surface area contributed by atoms with Gasteiger partial charge in [-0.1, -0.05) is 24.8 Å². The largest absolute Gasteiger partial charge is 0.494 e. The summed E-state index contributed by atoms with van der Waals surface area (Å²) in [6.45, 7) is 6.15. The number of carbonyl (C=O) groups excluding carboxylic acids is 2. The molecular weight excluding hydrogens is 534 g/mol. The Morgan fingerprint density at radius 1 is 1.07 bits per heavy atom. The highest BCUT2D eigenvalue weighted by molar-refractivity contribution is 6.02. The van der Waals surface area contributed by atoms with Crippen LogP contribution in [0.25, 0.3) is 16.7 Å². The molecule has 5 rings (SSSR count). The molecule has 0 spiro atoms. The normalized spacial score (nSPS) is 12.7. The molecule has 220 valence electrons. The first-order valence-corrected chi connectivity index (χ1v) is 13.6. The van der Waals surface area contributed by atoms with Crippen LogP contribution in [-0.4, -0.2) is 79.8 Å². The number of rotatable bonds is 8. The van der Waals surface area contributed by atoms with Gasteiger partial charge in [-0.2, -0.15) is 4.98 Å². The highest BCUT2D eigenvalue weighted by atomic mass is 16.5. The first kappa shape index (κ1) is 30.1. The van der Waals surface area contributed by atoms with Crippen molar-refractivity contribution in [2.75, 3.05) is 64.0 Å². The predicted molar refractivity (Wildman–Crippen MR) is 166 cm³/mol. The summed E-state index contributed by atoms with van der Waals surface area (Å²) in [5.41, 5.74) is 2.86. The van der Waals surface area contributed by atoms with E-state index >= 15 is 0 Å². The number of nitrogens with one attached hydrogen (secondary N) is 2. The molecule has 0 aliphatic carbocycles. The molecule has 1 amide bonds. The fourth-order valence-corrected chi connectivity index (χ4v) is 4.62. The minimum Gasteiger partial charge on any atom is -0.494 e. The number of likely N-dealkylation sites (tertiary alicyclic amines) is 1. The van der Waals surface area contributed by atoms with Crippen molar-refractivity contribution in [3.05, 3.63) is 73.1 Å². The lowest BCUT2D eigenvalue weighted by molar-refractivity contribution is -0.111. The maximum atomic E-state index is 12.5. The Balaban J connectivity index is 0.000000600.